The molecule has 0 fully saturated rings. The number of pyridine rings is 1. The standard InChI is InChI=1S/C7H10N2O3S/c1-11-5-3-4-9-7(12-2)6(5)13(8)10/h3-4H,8H2,1-2H3. The van der Waals surface area contributed by atoms with Crippen molar-refractivity contribution < 1.29 is 13.7 Å². The third-order valence-corrected chi connectivity index (χ3v) is 2.23. The summed E-state index contributed by atoms with van der Waals surface area (Å²) in [6, 6.07) is 1.57. The first-order valence-electron chi connectivity index (χ1n) is 3.44. The van der Waals surface area contributed by atoms with E-state index >= 15 is 0 Å². The fourth-order valence-electron chi connectivity index (χ4n) is 0.904. The molecule has 0 saturated carbocycles. The second kappa shape index (κ2) is 4.20. The van der Waals surface area contributed by atoms with E-state index in [2.05, 4.69) is 4.98 Å². The zero-order valence-corrected chi connectivity index (χ0v) is 8.13. The number of aromatic nitrogens is 1. The van der Waals surface area contributed by atoms with Gasteiger partial charge in [-0.3, -0.25) is 0 Å². The maximum Gasteiger partial charge on any atom is 0.234 e. The van der Waals surface area contributed by atoms with Gasteiger partial charge in [-0.05, 0) is 0 Å². The van der Waals surface area contributed by atoms with Crippen molar-refractivity contribution >= 4 is 11.0 Å². The highest BCUT2D eigenvalue weighted by molar-refractivity contribution is 7.83. The summed E-state index contributed by atoms with van der Waals surface area (Å²) in [5.74, 6) is 0.632. The molecule has 0 aromatic carbocycles. The Kier molecular flexibility index (Phi) is 3.21. The van der Waals surface area contributed by atoms with Crippen LogP contribution in [-0.2, 0) is 11.0 Å². The van der Waals surface area contributed by atoms with E-state index in [-0.39, 0.29) is 10.8 Å². The molecular formula is C7H10N2O3S. The van der Waals surface area contributed by atoms with Gasteiger partial charge in [0.15, 0.2) is 4.90 Å². The Hall–Kier alpha value is -1.14. The summed E-state index contributed by atoms with van der Waals surface area (Å²) < 4.78 is 20.9. The predicted molar refractivity (Wildman–Crippen MR) is 47.9 cm³/mol. The number of nitrogens with two attached hydrogens (primary N) is 1. The number of nitrogens with zero attached hydrogens (tertiary/aromatic N) is 1. The van der Waals surface area contributed by atoms with Gasteiger partial charge in [0, 0.05) is 12.3 Å². The first-order valence-corrected chi connectivity index (χ1v) is 4.65. The van der Waals surface area contributed by atoms with Crippen molar-refractivity contribution in [2.75, 3.05) is 14.2 Å². The van der Waals surface area contributed by atoms with Crippen molar-refractivity contribution in [2.24, 2.45) is 5.14 Å². The summed E-state index contributed by atoms with van der Waals surface area (Å²) in [6.45, 7) is 0. The molecule has 2 N–H and O–H groups in total. The van der Waals surface area contributed by atoms with Crippen LogP contribution in [0, 0.1) is 0 Å². The number of rotatable bonds is 3. The number of hydrogen-bond donors (Lipinski definition) is 1. The molecule has 1 heterocycles. The summed E-state index contributed by atoms with van der Waals surface area (Å²) in [7, 11) is 1.23. The predicted octanol–water partition coefficient (Wildman–Crippen LogP) is 0.0801. The van der Waals surface area contributed by atoms with Crippen molar-refractivity contribution in [2.45, 2.75) is 4.90 Å². The molecule has 1 atom stereocenters. The lowest BCUT2D eigenvalue weighted by Crippen LogP contribution is -2.07. The van der Waals surface area contributed by atoms with Gasteiger partial charge in [-0.2, -0.15) is 0 Å². The number of hydrogen-bond acceptors (Lipinski definition) is 4. The summed E-state index contributed by atoms with van der Waals surface area (Å²) in [5.41, 5.74) is 0. The molecule has 13 heavy (non-hydrogen) atoms. The van der Waals surface area contributed by atoms with Gasteiger partial charge in [-0.15, -0.1) is 0 Å². The molecule has 72 valence electrons. The Morgan fingerprint density at radius 3 is 2.62 bits per heavy atom. The SMILES string of the molecule is COc1ccnc(OC)c1S(N)=O. The molecule has 1 aromatic rings. The van der Waals surface area contributed by atoms with Crippen LogP contribution in [0.5, 0.6) is 11.6 Å². The highest BCUT2D eigenvalue weighted by Gasteiger charge is 2.14. The van der Waals surface area contributed by atoms with Crippen LogP contribution in [0.25, 0.3) is 0 Å². The van der Waals surface area contributed by atoms with E-state index in [1.807, 2.05) is 0 Å². The molecular weight excluding hydrogens is 192 g/mol. The molecule has 6 heteroatoms. The lowest BCUT2D eigenvalue weighted by molar-refractivity contribution is 0.363. The van der Waals surface area contributed by atoms with Crippen LogP contribution in [0.1, 0.15) is 0 Å². The first-order chi connectivity index (χ1) is 6.20. The molecule has 5 nitrogen and oxygen atoms in total. The lowest BCUT2D eigenvalue weighted by atomic mass is 10.4. The van der Waals surface area contributed by atoms with Crippen LogP contribution in [0.15, 0.2) is 17.2 Å². The van der Waals surface area contributed by atoms with Gasteiger partial charge in [-0.25, -0.2) is 14.3 Å². The Balaban J connectivity index is 3.29. The molecule has 0 aliphatic heterocycles. The van der Waals surface area contributed by atoms with E-state index in [1.54, 1.807) is 6.07 Å². The summed E-state index contributed by atoms with van der Waals surface area (Å²) in [5, 5.41) is 5.24. The van der Waals surface area contributed by atoms with Crippen LogP contribution in [-0.4, -0.2) is 23.4 Å². The van der Waals surface area contributed by atoms with Crippen LogP contribution >= 0.6 is 0 Å². The van der Waals surface area contributed by atoms with Gasteiger partial charge in [0.25, 0.3) is 0 Å². The second-order valence-electron chi connectivity index (χ2n) is 2.15. The zero-order valence-electron chi connectivity index (χ0n) is 7.31. The molecule has 0 amide bonds. The number of methoxy groups -OCH3 is 2. The van der Waals surface area contributed by atoms with E-state index < -0.39 is 11.0 Å². The largest absolute Gasteiger partial charge is 0.495 e. The number of ether oxygens (including phenoxy) is 2. The zero-order chi connectivity index (χ0) is 9.84. The summed E-state index contributed by atoms with van der Waals surface area (Å²) in [4.78, 5) is 4.12. The van der Waals surface area contributed by atoms with Crippen LogP contribution in [0.3, 0.4) is 0 Å². The first kappa shape index (κ1) is 9.94. The van der Waals surface area contributed by atoms with E-state index in [9.17, 15) is 4.21 Å². The maximum absolute atomic E-state index is 11.1. The van der Waals surface area contributed by atoms with Gasteiger partial charge < -0.3 is 9.47 Å². The minimum absolute atomic E-state index is 0.222. The Morgan fingerprint density at radius 2 is 2.15 bits per heavy atom. The molecule has 0 saturated heterocycles. The average molecular weight is 202 g/mol. The smallest absolute Gasteiger partial charge is 0.234 e. The third kappa shape index (κ3) is 1.96. The Labute approximate surface area is 78.5 Å². The van der Waals surface area contributed by atoms with E-state index in [4.69, 9.17) is 14.6 Å². The monoisotopic (exact) mass is 202 g/mol. The molecule has 0 bridgehead atoms. The van der Waals surface area contributed by atoms with Crippen LogP contribution in [0.4, 0.5) is 0 Å². The Morgan fingerprint density at radius 1 is 1.46 bits per heavy atom. The van der Waals surface area contributed by atoms with Crippen LogP contribution in [0.2, 0.25) is 0 Å². The quantitative estimate of drug-likeness (QED) is 0.753. The molecule has 0 spiro atoms. The fourth-order valence-corrected chi connectivity index (χ4v) is 1.56. The molecule has 0 aliphatic rings. The highest BCUT2D eigenvalue weighted by atomic mass is 32.2. The average Bonchev–Trinajstić information content (AvgIpc) is 2.16. The minimum Gasteiger partial charge on any atom is -0.495 e. The molecule has 1 aromatic heterocycles. The minimum atomic E-state index is -1.66. The van der Waals surface area contributed by atoms with Crippen molar-refractivity contribution in [3.63, 3.8) is 0 Å². The fraction of sp³-hybridized carbons (Fsp3) is 0.286. The second-order valence-corrected chi connectivity index (χ2v) is 3.15. The van der Waals surface area contributed by atoms with E-state index in [0.29, 0.717) is 5.75 Å². The van der Waals surface area contributed by atoms with Gasteiger partial charge in [0.1, 0.15) is 16.7 Å². The molecule has 0 radical (unpaired) electrons. The van der Waals surface area contributed by atoms with E-state index in [1.165, 1.54) is 20.4 Å². The van der Waals surface area contributed by atoms with Gasteiger partial charge in [-0.1, -0.05) is 0 Å². The third-order valence-electron chi connectivity index (χ3n) is 1.45. The molecule has 0 aliphatic carbocycles. The topological polar surface area (TPSA) is 74.4 Å². The molecule has 1 unspecified atom stereocenters. The lowest BCUT2D eigenvalue weighted by Gasteiger charge is -2.08. The van der Waals surface area contributed by atoms with E-state index in [0.717, 1.165) is 0 Å². The highest BCUT2D eigenvalue weighted by Crippen LogP contribution is 2.27. The summed E-state index contributed by atoms with van der Waals surface area (Å²) in [6.07, 6.45) is 1.49. The van der Waals surface area contributed by atoms with Crippen molar-refractivity contribution in [3.8, 4) is 11.6 Å². The molecule has 1 rings (SSSR count). The van der Waals surface area contributed by atoms with Crippen LogP contribution < -0.4 is 14.6 Å². The van der Waals surface area contributed by atoms with Gasteiger partial charge in [0.2, 0.25) is 5.88 Å². The van der Waals surface area contributed by atoms with Crippen molar-refractivity contribution in [1.29, 1.82) is 0 Å². The van der Waals surface area contributed by atoms with Crippen molar-refractivity contribution in [1.82, 2.24) is 4.98 Å². The van der Waals surface area contributed by atoms with Gasteiger partial charge in [0.05, 0.1) is 14.2 Å². The summed E-state index contributed by atoms with van der Waals surface area (Å²) >= 11 is 0. The normalized spacial score (nSPS) is 12.2. The Bertz CT molecular complexity index is 307. The maximum atomic E-state index is 11.1. The van der Waals surface area contributed by atoms with Gasteiger partial charge >= 0.3 is 0 Å². The van der Waals surface area contributed by atoms with Crippen molar-refractivity contribution in [3.05, 3.63) is 12.3 Å².